The summed E-state index contributed by atoms with van der Waals surface area (Å²) in [5, 5.41) is 30.3. The minimum absolute atomic E-state index is 0.00174. The van der Waals surface area contributed by atoms with Crippen LogP contribution in [0.2, 0.25) is 0 Å². The summed E-state index contributed by atoms with van der Waals surface area (Å²) >= 11 is 0. The molecule has 0 saturated carbocycles. The fourth-order valence-corrected chi connectivity index (χ4v) is 4.50. The summed E-state index contributed by atoms with van der Waals surface area (Å²) in [6, 6.07) is 3.00. The van der Waals surface area contributed by atoms with Crippen molar-refractivity contribution in [1.82, 2.24) is 25.8 Å². The van der Waals surface area contributed by atoms with Crippen LogP contribution in [0.1, 0.15) is 77.2 Å². The SMILES string of the molecule is CC(C)C[C@H](NC(=O)[C@H](CC(C)C)NC(=O)C(C)(C)C)C(=O)NCc1ccc2c(c1)c(O)c(C(=O)NCC(=O)O)c(=O)n2C. The first kappa shape index (κ1) is 35.8. The fourth-order valence-electron chi connectivity index (χ4n) is 4.50. The zero-order valence-electron chi connectivity index (χ0n) is 26.7. The van der Waals surface area contributed by atoms with Gasteiger partial charge in [0.15, 0.2) is 0 Å². The van der Waals surface area contributed by atoms with E-state index in [1.807, 2.05) is 27.7 Å². The highest BCUT2D eigenvalue weighted by Crippen LogP contribution is 2.27. The molecule has 2 aromatic rings. The maximum absolute atomic E-state index is 13.3. The number of aryl methyl sites for hydroxylation is 1. The van der Waals surface area contributed by atoms with Gasteiger partial charge in [-0.2, -0.15) is 0 Å². The number of fused-ring (bicyclic) bond motifs is 1. The molecule has 0 spiro atoms. The number of nitrogens with one attached hydrogen (secondary N) is 4. The lowest BCUT2D eigenvalue weighted by Crippen LogP contribution is -2.55. The van der Waals surface area contributed by atoms with Crippen LogP contribution in [-0.2, 0) is 32.8 Å². The number of carboxylic acid groups (broad SMARTS) is 1. The van der Waals surface area contributed by atoms with Crippen molar-refractivity contribution in [3.63, 3.8) is 0 Å². The lowest BCUT2D eigenvalue weighted by atomic mass is 9.94. The number of nitrogens with zero attached hydrogens (tertiary/aromatic N) is 1. The minimum atomic E-state index is -1.31. The molecule has 2 rings (SSSR count). The standard InChI is InChI=1S/C31H45N5O8/c1-16(2)11-20(34-27(41)21(12-17(3)4)35-30(44)31(5,6)7)26(40)32-14-18-9-10-22-19(13-18)25(39)24(29(43)36(22)8)28(42)33-15-23(37)38/h9-10,13,16-17,20-21,39H,11-12,14-15H2,1-8H3,(H,32,40)(H,33,42)(H,34,41)(H,35,44)(H,37,38)/t20-,21-/m0/s1. The highest BCUT2D eigenvalue weighted by molar-refractivity contribution is 6.03. The van der Waals surface area contributed by atoms with Crippen molar-refractivity contribution in [3.8, 4) is 5.75 Å². The molecule has 1 aromatic heterocycles. The number of aromatic hydroxyl groups is 1. The Kier molecular flexibility index (Phi) is 12.1. The summed E-state index contributed by atoms with van der Waals surface area (Å²) in [7, 11) is 1.41. The van der Waals surface area contributed by atoms with Crippen LogP contribution in [0, 0.1) is 17.3 Å². The molecular formula is C31H45N5O8. The predicted molar refractivity (Wildman–Crippen MR) is 165 cm³/mol. The van der Waals surface area contributed by atoms with Crippen LogP contribution in [0.3, 0.4) is 0 Å². The third kappa shape index (κ3) is 9.55. The zero-order valence-corrected chi connectivity index (χ0v) is 26.7. The van der Waals surface area contributed by atoms with Crippen molar-refractivity contribution in [2.75, 3.05) is 6.54 Å². The molecule has 0 radical (unpaired) electrons. The number of benzene rings is 1. The average Bonchev–Trinajstić information content (AvgIpc) is 2.91. The maximum Gasteiger partial charge on any atom is 0.322 e. The monoisotopic (exact) mass is 615 g/mol. The quantitative estimate of drug-likeness (QED) is 0.196. The van der Waals surface area contributed by atoms with Gasteiger partial charge in [-0.15, -0.1) is 0 Å². The molecule has 13 heteroatoms. The smallest absolute Gasteiger partial charge is 0.322 e. The highest BCUT2D eigenvalue weighted by Gasteiger charge is 2.31. The molecule has 13 nitrogen and oxygen atoms in total. The van der Waals surface area contributed by atoms with E-state index in [4.69, 9.17) is 5.11 Å². The summed E-state index contributed by atoms with van der Waals surface area (Å²) in [6.07, 6.45) is 0.734. The normalized spacial score (nSPS) is 13.0. The van der Waals surface area contributed by atoms with Crippen LogP contribution in [0.4, 0.5) is 0 Å². The molecular weight excluding hydrogens is 570 g/mol. The number of aliphatic carboxylic acids is 1. The summed E-state index contributed by atoms with van der Waals surface area (Å²) in [5.74, 6) is -3.98. The number of pyridine rings is 1. The zero-order chi connectivity index (χ0) is 33.5. The van der Waals surface area contributed by atoms with Gasteiger partial charge in [-0.1, -0.05) is 54.5 Å². The predicted octanol–water partition coefficient (Wildman–Crippen LogP) is 1.78. The van der Waals surface area contributed by atoms with Crippen molar-refractivity contribution in [2.24, 2.45) is 24.3 Å². The second-order valence-electron chi connectivity index (χ2n) is 12.8. The first-order valence-corrected chi connectivity index (χ1v) is 14.6. The third-order valence-electron chi connectivity index (χ3n) is 6.88. The van der Waals surface area contributed by atoms with Crippen molar-refractivity contribution in [1.29, 1.82) is 0 Å². The molecule has 242 valence electrons. The lowest BCUT2D eigenvalue weighted by molar-refractivity contribution is -0.136. The van der Waals surface area contributed by atoms with E-state index in [9.17, 15) is 33.9 Å². The van der Waals surface area contributed by atoms with Crippen LogP contribution in [0.25, 0.3) is 10.9 Å². The topological polar surface area (TPSA) is 196 Å². The van der Waals surface area contributed by atoms with Crippen LogP contribution < -0.4 is 26.8 Å². The number of rotatable bonds is 13. The van der Waals surface area contributed by atoms with Gasteiger partial charge in [0.2, 0.25) is 17.7 Å². The number of aromatic nitrogens is 1. The lowest BCUT2D eigenvalue weighted by Gasteiger charge is -2.27. The van der Waals surface area contributed by atoms with Crippen molar-refractivity contribution >= 4 is 40.5 Å². The van der Waals surface area contributed by atoms with Gasteiger partial charge in [-0.05, 0) is 42.4 Å². The summed E-state index contributed by atoms with van der Waals surface area (Å²) in [4.78, 5) is 75.3. The van der Waals surface area contributed by atoms with Gasteiger partial charge >= 0.3 is 5.97 Å². The van der Waals surface area contributed by atoms with E-state index in [1.165, 1.54) is 13.1 Å². The molecule has 0 aliphatic heterocycles. The molecule has 2 atom stereocenters. The minimum Gasteiger partial charge on any atom is -0.506 e. The van der Waals surface area contributed by atoms with E-state index in [0.29, 0.717) is 23.9 Å². The molecule has 0 aliphatic rings. The Bertz CT molecular complexity index is 1470. The average molecular weight is 616 g/mol. The van der Waals surface area contributed by atoms with Crippen LogP contribution in [0.5, 0.6) is 5.75 Å². The van der Waals surface area contributed by atoms with E-state index in [2.05, 4.69) is 21.3 Å². The number of amides is 4. The molecule has 44 heavy (non-hydrogen) atoms. The van der Waals surface area contributed by atoms with Gasteiger partial charge in [-0.3, -0.25) is 28.8 Å². The third-order valence-corrected chi connectivity index (χ3v) is 6.88. The van der Waals surface area contributed by atoms with Crippen molar-refractivity contribution in [2.45, 2.75) is 79.9 Å². The first-order chi connectivity index (χ1) is 20.3. The van der Waals surface area contributed by atoms with Crippen LogP contribution in [-0.4, -0.2) is 63.0 Å². The molecule has 0 bridgehead atoms. The second kappa shape index (κ2) is 14.8. The molecule has 0 unspecified atom stereocenters. The molecule has 1 aromatic carbocycles. The molecule has 1 heterocycles. The molecule has 0 aliphatic carbocycles. The largest absolute Gasteiger partial charge is 0.506 e. The molecule has 0 fully saturated rings. The Morgan fingerprint density at radius 1 is 0.886 bits per heavy atom. The summed E-state index contributed by atoms with van der Waals surface area (Å²) in [5.41, 5.74) is -1.26. The van der Waals surface area contributed by atoms with E-state index >= 15 is 0 Å². The Balaban J connectivity index is 2.29. The van der Waals surface area contributed by atoms with Gasteiger partial charge < -0.3 is 36.0 Å². The molecule has 4 amide bonds. The number of carbonyl (C=O) groups excluding carboxylic acids is 4. The maximum atomic E-state index is 13.3. The summed E-state index contributed by atoms with van der Waals surface area (Å²) < 4.78 is 1.16. The number of carbonyl (C=O) groups is 5. The van der Waals surface area contributed by atoms with E-state index in [0.717, 1.165) is 4.57 Å². The van der Waals surface area contributed by atoms with Gasteiger partial charge in [0.1, 0.15) is 29.9 Å². The number of carboxylic acids is 1. The number of hydrogen-bond acceptors (Lipinski definition) is 7. The Labute approximate surface area is 256 Å². The van der Waals surface area contributed by atoms with Crippen LogP contribution in [0.15, 0.2) is 23.0 Å². The van der Waals surface area contributed by atoms with Gasteiger partial charge in [0, 0.05) is 24.4 Å². The molecule has 6 N–H and O–H groups in total. The van der Waals surface area contributed by atoms with Crippen LogP contribution >= 0.6 is 0 Å². The second-order valence-corrected chi connectivity index (χ2v) is 12.8. The Hall–Kier alpha value is -4.42. The van der Waals surface area contributed by atoms with E-state index < -0.39 is 64.6 Å². The molecule has 0 saturated heterocycles. The van der Waals surface area contributed by atoms with Gasteiger partial charge in [0.25, 0.3) is 11.5 Å². The van der Waals surface area contributed by atoms with Crippen molar-refractivity contribution < 1.29 is 34.2 Å². The van der Waals surface area contributed by atoms with Crippen molar-refractivity contribution in [3.05, 3.63) is 39.7 Å². The van der Waals surface area contributed by atoms with E-state index in [-0.39, 0.29) is 29.7 Å². The van der Waals surface area contributed by atoms with E-state index in [1.54, 1.807) is 32.9 Å². The van der Waals surface area contributed by atoms with Gasteiger partial charge in [0.05, 0.1) is 5.52 Å². The first-order valence-electron chi connectivity index (χ1n) is 14.6. The summed E-state index contributed by atoms with van der Waals surface area (Å²) in [6.45, 7) is 12.2. The fraction of sp³-hybridized carbons (Fsp3) is 0.548. The van der Waals surface area contributed by atoms with Gasteiger partial charge in [-0.25, -0.2) is 0 Å². The number of hydrogen-bond donors (Lipinski definition) is 6. The Morgan fingerprint density at radius 2 is 1.45 bits per heavy atom. The highest BCUT2D eigenvalue weighted by atomic mass is 16.4. The Morgan fingerprint density at radius 3 is 1.98 bits per heavy atom.